The normalized spacial score (nSPS) is 29.4. The lowest BCUT2D eigenvalue weighted by Crippen LogP contribution is -2.61. The van der Waals surface area contributed by atoms with Gasteiger partial charge in [0.1, 0.15) is 0 Å². The van der Waals surface area contributed by atoms with Crippen molar-refractivity contribution < 1.29 is 9.90 Å². The molecule has 2 N–H and O–H groups in total. The zero-order chi connectivity index (χ0) is 12.6. The van der Waals surface area contributed by atoms with Crippen molar-refractivity contribution in [3.8, 4) is 0 Å². The lowest BCUT2D eigenvalue weighted by molar-refractivity contribution is -0.143. The Morgan fingerprint density at radius 1 is 1.50 bits per heavy atom. The first-order valence-corrected chi connectivity index (χ1v) is 5.84. The van der Waals surface area contributed by atoms with E-state index in [1.165, 1.54) is 0 Å². The molecule has 0 saturated carbocycles. The molecule has 0 radical (unpaired) electrons. The zero-order valence-corrected chi connectivity index (χ0v) is 10.7. The minimum atomic E-state index is -0.769. The monoisotopic (exact) mass is 225 g/mol. The average Bonchev–Trinajstić information content (AvgIpc) is 2.07. The highest BCUT2D eigenvalue weighted by Crippen LogP contribution is 2.38. The van der Waals surface area contributed by atoms with Crippen LogP contribution in [-0.4, -0.2) is 22.2 Å². The lowest BCUT2D eigenvalue weighted by Gasteiger charge is -2.49. The summed E-state index contributed by atoms with van der Waals surface area (Å²) in [6.07, 6.45) is 3.49. The molecule has 1 heterocycles. The Balaban J connectivity index is 2.90. The molecule has 92 valence electrons. The van der Waals surface area contributed by atoms with Gasteiger partial charge >= 0.3 is 5.97 Å². The third kappa shape index (κ3) is 2.64. The first-order chi connectivity index (χ1) is 7.19. The van der Waals surface area contributed by atoms with Crippen molar-refractivity contribution in [3.05, 3.63) is 12.7 Å². The smallest absolute Gasteiger partial charge is 0.310 e. The van der Waals surface area contributed by atoms with Gasteiger partial charge in [0, 0.05) is 11.1 Å². The second-order valence-corrected chi connectivity index (χ2v) is 5.98. The largest absolute Gasteiger partial charge is 0.481 e. The Hall–Kier alpha value is -0.830. The number of hydrogen-bond acceptors (Lipinski definition) is 2. The van der Waals surface area contributed by atoms with E-state index in [0.29, 0.717) is 0 Å². The zero-order valence-electron chi connectivity index (χ0n) is 10.7. The maximum absolute atomic E-state index is 11.2. The number of aliphatic carboxylic acids is 1. The minimum absolute atomic E-state index is 0.0875. The topological polar surface area (TPSA) is 49.3 Å². The molecule has 1 saturated heterocycles. The van der Waals surface area contributed by atoms with Gasteiger partial charge in [-0.05, 0) is 46.5 Å². The highest BCUT2D eigenvalue weighted by molar-refractivity contribution is 5.72. The first-order valence-electron chi connectivity index (χ1n) is 5.84. The Morgan fingerprint density at radius 2 is 2.06 bits per heavy atom. The Labute approximate surface area is 97.9 Å². The van der Waals surface area contributed by atoms with Crippen molar-refractivity contribution in [2.75, 3.05) is 0 Å². The number of rotatable bonds is 3. The summed E-state index contributed by atoms with van der Waals surface area (Å²) in [5.41, 5.74) is -0.0801. The van der Waals surface area contributed by atoms with Crippen LogP contribution in [0.4, 0.5) is 0 Å². The fraction of sp³-hybridized carbons (Fsp3) is 0.769. The molecule has 16 heavy (non-hydrogen) atoms. The molecule has 2 unspecified atom stereocenters. The quantitative estimate of drug-likeness (QED) is 0.725. The molecule has 1 aliphatic rings. The summed E-state index contributed by atoms with van der Waals surface area (Å²) < 4.78 is 0. The van der Waals surface area contributed by atoms with Gasteiger partial charge in [-0.15, -0.1) is 6.58 Å². The van der Waals surface area contributed by atoms with Crippen molar-refractivity contribution in [1.29, 1.82) is 0 Å². The molecule has 0 bridgehead atoms. The Morgan fingerprint density at radius 3 is 2.44 bits per heavy atom. The maximum atomic E-state index is 11.2. The number of carbonyl (C=O) groups is 1. The van der Waals surface area contributed by atoms with E-state index < -0.39 is 11.9 Å². The van der Waals surface area contributed by atoms with Crippen molar-refractivity contribution in [3.63, 3.8) is 0 Å². The van der Waals surface area contributed by atoms with Crippen LogP contribution in [0.5, 0.6) is 0 Å². The predicted octanol–water partition coefficient (Wildman–Crippen LogP) is 2.43. The molecular formula is C13H23NO2. The third-order valence-corrected chi connectivity index (χ3v) is 3.64. The number of carboxylic acids is 1. The molecule has 3 nitrogen and oxygen atoms in total. The van der Waals surface area contributed by atoms with Crippen LogP contribution in [0.3, 0.4) is 0 Å². The van der Waals surface area contributed by atoms with Crippen LogP contribution in [0, 0.1) is 11.8 Å². The van der Waals surface area contributed by atoms with Crippen LogP contribution in [-0.2, 0) is 4.79 Å². The number of hydrogen-bond donors (Lipinski definition) is 2. The fourth-order valence-corrected chi connectivity index (χ4v) is 2.97. The third-order valence-electron chi connectivity index (χ3n) is 3.64. The molecule has 2 atom stereocenters. The van der Waals surface area contributed by atoms with Crippen LogP contribution in [0.15, 0.2) is 12.7 Å². The van der Waals surface area contributed by atoms with Gasteiger partial charge in [0.25, 0.3) is 0 Å². The number of piperidine rings is 1. The minimum Gasteiger partial charge on any atom is -0.481 e. The number of nitrogens with one attached hydrogen (secondary N) is 1. The molecule has 0 spiro atoms. The van der Waals surface area contributed by atoms with E-state index in [9.17, 15) is 9.90 Å². The molecule has 0 aliphatic carbocycles. The molecule has 3 heteroatoms. The molecule has 0 aromatic heterocycles. The SMILES string of the molecule is C=CC(C(=O)O)C1CCC(C)(C)NC1(C)C. The van der Waals surface area contributed by atoms with E-state index in [0.717, 1.165) is 12.8 Å². The molecule has 1 fully saturated rings. The van der Waals surface area contributed by atoms with Gasteiger partial charge in [-0.2, -0.15) is 0 Å². The van der Waals surface area contributed by atoms with Crippen molar-refractivity contribution in [1.82, 2.24) is 5.32 Å². The van der Waals surface area contributed by atoms with Crippen LogP contribution in [0.25, 0.3) is 0 Å². The highest BCUT2D eigenvalue weighted by Gasteiger charge is 2.44. The number of carboxylic acid groups (broad SMARTS) is 1. The fourth-order valence-electron chi connectivity index (χ4n) is 2.97. The summed E-state index contributed by atoms with van der Waals surface area (Å²) in [5, 5.41) is 12.7. The standard InChI is InChI=1S/C13H23NO2/c1-6-9(11(15)16)10-7-8-12(2,3)14-13(10,4)5/h6,9-10,14H,1,7-8H2,2-5H3,(H,15,16). The first kappa shape index (κ1) is 13.2. The molecule has 0 aromatic rings. The van der Waals surface area contributed by atoms with Crippen LogP contribution >= 0.6 is 0 Å². The van der Waals surface area contributed by atoms with E-state index in [4.69, 9.17) is 0 Å². The maximum Gasteiger partial charge on any atom is 0.310 e. The second kappa shape index (κ2) is 4.21. The van der Waals surface area contributed by atoms with Gasteiger partial charge in [0.05, 0.1) is 5.92 Å². The Bertz CT molecular complexity index is 294. The summed E-state index contributed by atoms with van der Waals surface area (Å²) in [4.78, 5) is 11.2. The van der Waals surface area contributed by atoms with Gasteiger partial charge in [-0.25, -0.2) is 0 Å². The van der Waals surface area contributed by atoms with Gasteiger partial charge < -0.3 is 10.4 Å². The lowest BCUT2D eigenvalue weighted by atomic mass is 9.69. The van der Waals surface area contributed by atoms with E-state index >= 15 is 0 Å². The summed E-state index contributed by atoms with van der Waals surface area (Å²) in [6, 6.07) is 0. The van der Waals surface area contributed by atoms with Gasteiger partial charge in [0.15, 0.2) is 0 Å². The van der Waals surface area contributed by atoms with E-state index in [-0.39, 0.29) is 17.0 Å². The van der Waals surface area contributed by atoms with Crippen LogP contribution < -0.4 is 5.32 Å². The average molecular weight is 225 g/mol. The summed E-state index contributed by atoms with van der Waals surface area (Å²) in [5.74, 6) is -1.12. The summed E-state index contributed by atoms with van der Waals surface area (Å²) in [6.45, 7) is 12.1. The van der Waals surface area contributed by atoms with E-state index in [1.54, 1.807) is 6.08 Å². The predicted molar refractivity (Wildman–Crippen MR) is 65.3 cm³/mol. The summed E-state index contributed by atoms with van der Waals surface area (Å²) in [7, 11) is 0. The molecular weight excluding hydrogens is 202 g/mol. The van der Waals surface area contributed by atoms with Crippen molar-refractivity contribution in [2.45, 2.75) is 51.6 Å². The van der Waals surface area contributed by atoms with Crippen molar-refractivity contribution in [2.24, 2.45) is 11.8 Å². The van der Waals surface area contributed by atoms with Crippen molar-refractivity contribution >= 4 is 5.97 Å². The Kier molecular flexibility index (Phi) is 3.48. The molecule has 1 rings (SSSR count). The molecule has 1 aliphatic heterocycles. The van der Waals surface area contributed by atoms with Gasteiger partial charge in [0.2, 0.25) is 0 Å². The van der Waals surface area contributed by atoms with Gasteiger partial charge in [-0.1, -0.05) is 6.08 Å². The van der Waals surface area contributed by atoms with E-state index in [1.807, 2.05) is 0 Å². The van der Waals surface area contributed by atoms with Gasteiger partial charge in [-0.3, -0.25) is 4.79 Å². The van der Waals surface area contributed by atoms with Crippen LogP contribution in [0.1, 0.15) is 40.5 Å². The summed E-state index contributed by atoms with van der Waals surface area (Å²) >= 11 is 0. The van der Waals surface area contributed by atoms with Crippen LogP contribution in [0.2, 0.25) is 0 Å². The molecule has 0 amide bonds. The molecule has 0 aromatic carbocycles. The second-order valence-electron chi connectivity index (χ2n) is 5.98. The van der Waals surface area contributed by atoms with E-state index in [2.05, 4.69) is 39.6 Å². The highest BCUT2D eigenvalue weighted by atomic mass is 16.4.